The molecule has 0 saturated heterocycles. The molecule has 0 spiro atoms. The number of amides is 3. The van der Waals surface area contributed by atoms with E-state index < -0.39 is 0 Å². The first kappa shape index (κ1) is 17.1. The number of hydrogen-bond donors (Lipinski definition) is 1. The van der Waals surface area contributed by atoms with Crippen LogP contribution in [0.4, 0.5) is 0 Å². The van der Waals surface area contributed by atoms with Gasteiger partial charge >= 0.3 is 0 Å². The third-order valence-corrected chi connectivity index (χ3v) is 4.82. The minimum absolute atomic E-state index is 0.0152. The average Bonchev–Trinajstić information content (AvgIpc) is 2.90. The molecule has 3 aliphatic rings. The maximum atomic E-state index is 12.5. The molecule has 1 fully saturated rings. The van der Waals surface area contributed by atoms with E-state index in [9.17, 15) is 14.4 Å². The highest BCUT2D eigenvalue weighted by Gasteiger charge is 2.31. The second kappa shape index (κ2) is 7.92. The molecule has 130 valence electrons. The fourth-order valence-electron chi connectivity index (χ4n) is 3.37. The molecule has 5 nitrogen and oxygen atoms in total. The smallest absolute Gasteiger partial charge is 0.253 e. The van der Waals surface area contributed by atoms with Crippen LogP contribution in [0.5, 0.6) is 0 Å². The van der Waals surface area contributed by atoms with E-state index in [4.69, 9.17) is 0 Å². The molecular weight excluding hydrogens is 316 g/mol. The minimum atomic E-state index is -0.227. The Kier molecular flexibility index (Phi) is 5.43. The van der Waals surface area contributed by atoms with Crippen LogP contribution in [0.1, 0.15) is 25.7 Å². The van der Waals surface area contributed by atoms with E-state index >= 15 is 0 Å². The van der Waals surface area contributed by atoms with Crippen LogP contribution in [0, 0.1) is 11.8 Å². The summed E-state index contributed by atoms with van der Waals surface area (Å²) in [4.78, 5) is 37.0. The van der Waals surface area contributed by atoms with E-state index in [0.29, 0.717) is 6.54 Å². The molecule has 0 atom stereocenters. The van der Waals surface area contributed by atoms with Crippen LogP contribution in [0.3, 0.4) is 0 Å². The third kappa shape index (κ3) is 4.44. The van der Waals surface area contributed by atoms with Crippen molar-refractivity contribution in [1.82, 2.24) is 10.2 Å². The van der Waals surface area contributed by atoms with Crippen LogP contribution < -0.4 is 5.32 Å². The van der Waals surface area contributed by atoms with E-state index in [0.717, 1.165) is 31.4 Å². The van der Waals surface area contributed by atoms with Gasteiger partial charge in [0, 0.05) is 30.3 Å². The van der Waals surface area contributed by atoms with Crippen molar-refractivity contribution in [1.29, 1.82) is 0 Å². The summed E-state index contributed by atoms with van der Waals surface area (Å²) >= 11 is 0. The summed E-state index contributed by atoms with van der Waals surface area (Å²) in [5.74, 6) is -0.142. The molecule has 1 heterocycles. The summed E-state index contributed by atoms with van der Waals surface area (Å²) in [6.45, 7) is 0.462. The number of carbonyl (C=O) groups excluding carboxylic acids is 3. The van der Waals surface area contributed by atoms with Gasteiger partial charge in [0.1, 0.15) is 0 Å². The van der Waals surface area contributed by atoms with Crippen molar-refractivity contribution in [2.24, 2.45) is 11.8 Å². The van der Waals surface area contributed by atoms with E-state index in [1.54, 1.807) is 0 Å². The molecule has 5 heteroatoms. The molecule has 0 aromatic carbocycles. The second-order valence-electron chi connectivity index (χ2n) is 6.58. The molecule has 0 aromatic rings. The second-order valence-corrected chi connectivity index (χ2v) is 6.58. The van der Waals surface area contributed by atoms with Gasteiger partial charge < -0.3 is 5.32 Å². The number of imide groups is 1. The summed E-state index contributed by atoms with van der Waals surface area (Å²) < 4.78 is 0. The third-order valence-electron chi connectivity index (χ3n) is 4.82. The highest BCUT2D eigenvalue weighted by atomic mass is 16.2. The van der Waals surface area contributed by atoms with Crippen LogP contribution in [-0.4, -0.2) is 29.2 Å². The average molecular weight is 338 g/mol. The lowest BCUT2D eigenvalue weighted by Crippen LogP contribution is -2.38. The number of allylic oxidation sites excluding steroid dienone is 7. The van der Waals surface area contributed by atoms with Gasteiger partial charge in [-0.2, -0.15) is 0 Å². The van der Waals surface area contributed by atoms with Gasteiger partial charge in [0.25, 0.3) is 11.8 Å². The Morgan fingerprint density at radius 3 is 2.28 bits per heavy atom. The van der Waals surface area contributed by atoms with Crippen molar-refractivity contribution in [2.75, 3.05) is 6.54 Å². The Morgan fingerprint density at radius 2 is 1.56 bits per heavy atom. The summed E-state index contributed by atoms with van der Waals surface area (Å²) in [7, 11) is 0. The first-order valence-corrected chi connectivity index (χ1v) is 8.69. The summed E-state index contributed by atoms with van der Waals surface area (Å²) in [6, 6.07) is 0. The zero-order valence-electron chi connectivity index (χ0n) is 14.1. The van der Waals surface area contributed by atoms with E-state index in [2.05, 4.69) is 5.32 Å². The molecule has 2 aliphatic carbocycles. The Labute approximate surface area is 147 Å². The van der Waals surface area contributed by atoms with Crippen LogP contribution in [0.15, 0.2) is 60.4 Å². The number of nitrogens with one attached hydrogen (secondary N) is 1. The first-order chi connectivity index (χ1) is 12.1. The number of carbonyl (C=O) groups is 3. The fraction of sp³-hybridized carbons (Fsp3) is 0.350. The molecular formula is C20H22N2O3. The molecule has 3 amide bonds. The Morgan fingerprint density at radius 1 is 0.920 bits per heavy atom. The van der Waals surface area contributed by atoms with Crippen molar-refractivity contribution >= 4 is 17.7 Å². The number of nitrogens with zero attached hydrogens (tertiary/aromatic N) is 1. The van der Waals surface area contributed by atoms with Gasteiger partial charge in [-0.1, -0.05) is 30.4 Å². The lowest BCUT2D eigenvalue weighted by Gasteiger charge is -2.30. The maximum absolute atomic E-state index is 12.5. The van der Waals surface area contributed by atoms with Gasteiger partial charge in [-0.15, -0.1) is 0 Å². The molecule has 0 aromatic heterocycles. The predicted molar refractivity (Wildman–Crippen MR) is 95.0 cm³/mol. The van der Waals surface area contributed by atoms with Gasteiger partial charge in [0.15, 0.2) is 0 Å². The fourth-order valence-corrected chi connectivity index (χ4v) is 3.37. The first-order valence-electron chi connectivity index (χ1n) is 8.69. The van der Waals surface area contributed by atoms with Crippen molar-refractivity contribution in [3.63, 3.8) is 0 Å². The van der Waals surface area contributed by atoms with Crippen LogP contribution >= 0.6 is 0 Å². The highest BCUT2D eigenvalue weighted by molar-refractivity contribution is 6.12. The topological polar surface area (TPSA) is 66.5 Å². The van der Waals surface area contributed by atoms with Crippen LogP contribution in [0.25, 0.3) is 0 Å². The SMILES string of the molecule is O=C(NC1=C/C=C\C=C/C=C1)C1CCC(CN2C(=O)C=CC2=O)CC1. The summed E-state index contributed by atoms with van der Waals surface area (Å²) in [5, 5.41) is 2.98. The maximum Gasteiger partial charge on any atom is 0.253 e. The molecule has 0 bridgehead atoms. The molecule has 1 aliphatic heterocycles. The largest absolute Gasteiger partial charge is 0.326 e. The van der Waals surface area contributed by atoms with Gasteiger partial charge in [-0.25, -0.2) is 0 Å². The Hall–Kier alpha value is -2.69. The van der Waals surface area contributed by atoms with E-state index in [1.807, 2.05) is 42.5 Å². The van der Waals surface area contributed by atoms with Crippen molar-refractivity contribution in [3.05, 3.63) is 60.4 Å². The van der Waals surface area contributed by atoms with E-state index in [-0.39, 0.29) is 29.6 Å². The van der Waals surface area contributed by atoms with Crippen LogP contribution in [-0.2, 0) is 14.4 Å². The molecule has 1 saturated carbocycles. The summed E-state index contributed by atoms with van der Waals surface area (Å²) in [5.41, 5.74) is 0.784. The minimum Gasteiger partial charge on any atom is -0.326 e. The van der Waals surface area contributed by atoms with Crippen molar-refractivity contribution in [2.45, 2.75) is 25.7 Å². The van der Waals surface area contributed by atoms with Crippen LogP contribution in [0.2, 0.25) is 0 Å². The van der Waals surface area contributed by atoms with E-state index in [1.165, 1.54) is 17.1 Å². The van der Waals surface area contributed by atoms with Gasteiger partial charge in [0.05, 0.1) is 0 Å². The lowest BCUT2D eigenvalue weighted by molar-refractivity contribution is -0.138. The zero-order chi connectivity index (χ0) is 17.6. The monoisotopic (exact) mass is 338 g/mol. The molecule has 1 N–H and O–H groups in total. The van der Waals surface area contributed by atoms with Crippen molar-refractivity contribution in [3.8, 4) is 0 Å². The molecule has 25 heavy (non-hydrogen) atoms. The highest BCUT2D eigenvalue weighted by Crippen LogP contribution is 2.30. The number of hydrogen-bond acceptors (Lipinski definition) is 3. The summed E-state index contributed by atoms with van der Waals surface area (Å²) in [6.07, 6.45) is 19.2. The lowest BCUT2D eigenvalue weighted by atomic mass is 9.81. The van der Waals surface area contributed by atoms with Crippen molar-refractivity contribution < 1.29 is 14.4 Å². The van der Waals surface area contributed by atoms with Gasteiger partial charge in [-0.05, 0) is 43.8 Å². The molecule has 0 radical (unpaired) electrons. The number of rotatable bonds is 4. The van der Waals surface area contributed by atoms with Gasteiger partial charge in [0.2, 0.25) is 5.91 Å². The quantitative estimate of drug-likeness (QED) is 0.801. The normalized spacial score (nSPS) is 28.3. The Balaban J connectivity index is 1.48. The molecule has 0 unspecified atom stereocenters. The zero-order valence-corrected chi connectivity index (χ0v) is 14.1. The molecule has 3 rings (SSSR count). The van der Waals surface area contributed by atoms with Gasteiger partial charge in [-0.3, -0.25) is 19.3 Å². The predicted octanol–water partition coefficient (Wildman–Crippen LogP) is 2.40. The Bertz CT molecular complexity index is 686. The standard InChI is InChI=1S/C20H22N2O3/c23-18-12-13-19(24)22(18)14-15-8-10-16(11-9-15)20(25)21-17-6-4-2-1-3-5-7-17/h1-7,12-13,15-16H,8-11,14H2,(H,21,25)/b2-1-,3-1?,4-2?,5-3-,6-4?,7-5?,17-6?,17-7?.